The molecule has 1 amide bonds. The quantitative estimate of drug-likeness (QED) is 0.790. The number of hydrogen-bond donors (Lipinski definition) is 1. The first-order chi connectivity index (χ1) is 9.33. The van der Waals surface area contributed by atoms with Crippen LogP contribution >= 0.6 is 11.3 Å². The van der Waals surface area contributed by atoms with Crippen LogP contribution in [-0.4, -0.2) is 16.2 Å². The van der Waals surface area contributed by atoms with Gasteiger partial charge in [0.2, 0.25) is 5.76 Å². The number of hydrogen-bond acceptors (Lipinski definition) is 6. The molecule has 0 aliphatic heterocycles. The third-order valence-electron chi connectivity index (χ3n) is 2.41. The van der Waals surface area contributed by atoms with Gasteiger partial charge in [0.25, 0.3) is 5.91 Å². The first-order valence-corrected chi connectivity index (χ1v) is 6.39. The number of carbonyl (C=O) groups is 1. The molecular weight excluding hydrogens is 266 g/mol. The molecule has 3 aromatic rings. The highest BCUT2D eigenvalue weighted by molar-refractivity contribution is 7.13. The van der Waals surface area contributed by atoms with E-state index in [1.54, 1.807) is 17.4 Å². The Morgan fingerprint density at radius 1 is 1.37 bits per heavy atom. The average Bonchev–Trinajstić information content (AvgIpc) is 3.14. The molecule has 0 saturated carbocycles. The lowest BCUT2D eigenvalue weighted by atomic mass is 10.3. The molecule has 0 fully saturated rings. The van der Waals surface area contributed by atoms with Gasteiger partial charge in [-0.15, -0.1) is 11.3 Å². The van der Waals surface area contributed by atoms with Crippen LogP contribution in [0.25, 0.3) is 10.6 Å². The second-order valence-corrected chi connectivity index (χ2v) is 4.67. The van der Waals surface area contributed by atoms with Crippen LogP contribution in [0.2, 0.25) is 0 Å². The molecule has 3 rings (SSSR count). The van der Waals surface area contributed by atoms with E-state index in [-0.39, 0.29) is 18.2 Å². The molecule has 0 spiro atoms. The monoisotopic (exact) mass is 275 g/mol. The molecule has 3 aromatic heterocycles. The minimum Gasteiger partial charge on any atom is -0.355 e. The summed E-state index contributed by atoms with van der Waals surface area (Å²) in [7, 11) is 0. The van der Waals surface area contributed by atoms with Gasteiger partial charge in [0, 0.05) is 12.1 Å². The molecule has 0 saturated heterocycles. The molecule has 0 aliphatic carbocycles. The van der Waals surface area contributed by atoms with E-state index >= 15 is 0 Å². The normalized spacial score (nSPS) is 10.5. The Kier molecular flexibility index (Phi) is 3.11. The molecule has 7 heteroatoms. The lowest BCUT2D eigenvalue weighted by molar-refractivity contribution is 0.0913. The zero-order valence-corrected chi connectivity index (χ0v) is 10.5. The maximum atomic E-state index is 11.6. The van der Waals surface area contributed by atoms with Crippen LogP contribution in [0.4, 0.5) is 0 Å². The summed E-state index contributed by atoms with van der Waals surface area (Å²) in [6.45, 7) is 0.272. The molecule has 0 aliphatic rings. The van der Waals surface area contributed by atoms with Crippen LogP contribution in [0.15, 0.2) is 44.9 Å². The van der Waals surface area contributed by atoms with Crippen LogP contribution < -0.4 is 5.32 Å². The maximum absolute atomic E-state index is 11.6. The van der Waals surface area contributed by atoms with Crippen molar-refractivity contribution in [3.63, 3.8) is 0 Å². The van der Waals surface area contributed by atoms with Crippen LogP contribution in [0, 0.1) is 0 Å². The van der Waals surface area contributed by atoms with Crippen molar-refractivity contribution in [2.45, 2.75) is 6.54 Å². The van der Waals surface area contributed by atoms with E-state index in [4.69, 9.17) is 9.05 Å². The number of aromatic nitrogens is 2. The van der Waals surface area contributed by atoms with Gasteiger partial charge in [-0.1, -0.05) is 16.4 Å². The second-order valence-electron chi connectivity index (χ2n) is 3.72. The van der Waals surface area contributed by atoms with E-state index < -0.39 is 0 Å². The Balaban J connectivity index is 1.63. The molecule has 96 valence electrons. The standard InChI is InChI=1S/C12H9N3O3S/c16-12(9-3-4-14-17-9)13-7-8-6-10(18-15-8)11-2-1-5-19-11/h1-6H,7H2,(H,13,16). The minimum atomic E-state index is -0.335. The van der Waals surface area contributed by atoms with Crippen molar-refractivity contribution in [3.8, 4) is 10.6 Å². The first kappa shape index (κ1) is 11.7. The van der Waals surface area contributed by atoms with E-state index in [1.807, 2.05) is 17.5 Å². The summed E-state index contributed by atoms with van der Waals surface area (Å²) in [5.74, 6) is 0.527. The van der Waals surface area contributed by atoms with Crippen LogP contribution in [-0.2, 0) is 6.54 Å². The zero-order valence-electron chi connectivity index (χ0n) is 9.70. The smallest absolute Gasteiger partial charge is 0.290 e. The summed E-state index contributed by atoms with van der Waals surface area (Å²) in [6, 6.07) is 7.18. The molecule has 1 N–H and O–H groups in total. The van der Waals surface area contributed by atoms with Gasteiger partial charge in [0.15, 0.2) is 5.76 Å². The average molecular weight is 275 g/mol. The fraction of sp³-hybridized carbons (Fsp3) is 0.0833. The van der Waals surface area contributed by atoms with E-state index in [1.165, 1.54) is 12.3 Å². The highest BCUT2D eigenvalue weighted by atomic mass is 32.1. The number of amides is 1. The van der Waals surface area contributed by atoms with Crippen molar-refractivity contribution in [1.82, 2.24) is 15.6 Å². The van der Waals surface area contributed by atoms with E-state index in [2.05, 4.69) is 15.6 Å². The van der Waals surface area contributed by atoms with Gasteiger partial charge in [-0.25, -0.2) is 0 Å². The van der Waals surface area contributed by atoms with Crippen LogP contribution in [0.5, 0.6) is 0 Å². The maximum Gasteiger partial charge on any atom is 0.290 e. The SMILES string of the molecule is O=C(NCc1cc(-c2cccs2)on1)c1ccno1. The molecule has 0 bridgehead atoms. The summed E-state index contributed by atoms with van der Waals surface area (Å²) in [5.41, 5.74) is 0.649. The fourth-order valence-electron chi connectivity index (χ4n) is 1.52. The molecular formula is C12H9N3O3S. The Morgan fingerprint density at radius 2 is 2.32 bits per heavy atom. The number of thiophene rings is 1. The van der Waals surface area contributed by atoms with Gasteiger partial charge < -0.3 is 14.4 Å². The van der Waals surface area contributed by atoms with Crippen molar-refractivity contribution < 1.29 is 13.8 Å². The van der Waals surface area contributed by atoms with Crippen molar-refractivity contribution in [2.75, 3.05) is 0 Å². The van der Waals surface area contributed by atoms with E-state index in [9.17, 15) is 4.79 Å². The first-order valence-electron chi connectivity index (χ1n) is 5.51. The van der Waals surface area contributed by atoms with E-state index in [0.717, 1.165) is 4.88 Å². The van der Waals surface area contributed by atoms with Gasteiger partial charge in [0.1, 0.15) is 5.69 Å². The summed E-state index contributed by atoms with van der Waals surface area (Å²) in [5, 5.41) is 12.0. The fourth-order valence-corrected chi connectivity index (χ4v) is 2.19. The Labute approximate surface area is 112 Å². The number of carbonyl (C=O) groups excluding carboxylic acids is 1. The van der Waals surface area contributed by atoms with Gasteiger partial charge >= 0.3 is 0 Å². The third kappa shape index (κ3) is 2.55. The predicted octanol–water partition coefficient (Wildman–Crippen LogP) is 2.32. The van der Waals surface area contributed by atoms with Gasteiger partial charge in [-0.3, -0.25) is 4.79 Å². The molecule has 3 heterocycles. The van der Waals surface area contributed by atoms with Gasteiger partial charge in [0.05, 0.1) is 17.6 Å². The molecule has 19 heavy (non-hydrogen) atoms. The Bertz CT molecular complexity index is 658. The van der Waals surface area contributed by atoms with Gasteiger partial charge in [-0.2, -0.15) is 0 Å². The van der Waals surface area contributed by atoms with E-state index in [0.29, 0.717) is 11.5 Å². The molecule has 0 radical (unpaired) electrons. The molecule has 0 atom stereocenters. The summed E-state index contributed by atoms with van der Waals surface area (Å²) < 4.78 is 9.95. The number of nitrogens with one attached hydrogen (secondary N) is 1. The van der Waals surface area contributed by atoms with Crippen LogP contribution in [0.3, 0.4) is 0 Å². The minimum absolute atomic E-state index is 0.168. The Hall–Kier alpha value is -2.41. The largest absolute Gasteiger partial charge is 0.355 e. The molecule has 0 aromatic carbocycles. The van der Waals surface area contributed by atoms with Crippen LogP contribution in [0.1, 0.15) is 16.2 Å². The molecule has 0 unspecified atom stereocenters. The van der Waals surface area contributed by atoms with Gasteiger partial charge in [-0.05, 0) is 11.4 Å². The topological polar surface area (TPSA) is 81.2 Å². The lowest BCUT2D eigenvalue weighted by Crippen LogP contribution is -2.22. The van der Waals surface area contributed by atoms with Crippen molar-refractivity contribution in [2.24, 2.45) is 0 Å². The summed E-state index contributed by atoms with van der Waals surface area (Å²) >= 11 is 1.57. The molecule has 6 nitrogen and oxygen atoms in total. The lowest BCUT2D eigenvalue weighted by Gasteiger charge is -1.97. The van der Waals surface area contributed by atoms with Crippen molar-refractivity contribution in [1.29, 1.82) is 0 Å². The third-order valence-corrected chi connectivity index (χ3v) is 3.30. The second kappa shape index (κ2) is 5.07. The predicted molar refractivity (Wildman–Crippen MR) is 67.5 cm³/mol. The number of nitrogens with zero attached hydrogens (tertiary/aromatic N) is 2. The summed E-state index contributed by atoms with van der Waals surface area (Å²) in [6.07, 6.45) is 1.42. The zero-order chi connectivity index (χ0) is 13.1. The van der Waals surface area contributed by atoms with Crippen molar-refractivity contribution in [3.05, 3.63) is 47.3 Å². The Morgan fingerprint density at radius 3 is 3.05 bits per heavy atom. The number of rotatable bonds is 4. The highest BCUT2D eigenvalue weighted by Crippen LogP contribution is 2.24. The summed E-state index contributed by atoms with van der Waals surface area (Å²) in [4.78, 5) is 12.6. The van der Waals surface area contributed by atoms with Crippen molar-refractivity contribution >= 4 is 17.2 Å². The highest BCUT2D eigenvalue weighted by Gasteiger charge is 2.11.